The first-order valence-corrected chi connectivity index (χ1v) is 6.38. The molecule has 0 aromatic heterocycles. The van der Waals surface area contributed by atoms with E-state index in [4.69, 9.17) is 10.8 Å². The van der Waals surface area contributed by atoms with E-state index in [0.717, 1.165) is 11.1 Å². The number of carboxylic acids is 1. The molecule has 0 spiro atoms. The lowest BCUT2D eigenvalue weighted by Crippen LogP contribution is -2.48. The summed E-state index contributed by atoms with van der Waals surface area (Å²) >= 11 is 0. The first-order chi connectivity index (χ1) is 9.79. The Labute approximate surface area is 122 Å². The van der Waals surface area contributed by atoms with E-state index >= 15 is 0 Å². The number of carbonyl (C=O) groups excluding carboxylic acids is 2. The third-order valence-electron chi connectivity index (χ3n) is 2.85. The number of amides is 3. The number of primary amides is 1. The molecule has 0 fully saturated rings. The molecular formula is C14H19N3O4. The summed E-state index contributed by atoms with van der Waals surface area (Å²) < 4.78 is 0. The number of nitrogens with one attached hydrogen (secondary N) is 1. The summed E-state index contributed by atoms with van der Waals surface area (Å²) in [5.74, 6) is -2.09. The lowest BCUT2D eigenvalue weighted by molar-refractivity contribution is -0.140. The van der Waals surface area contributed by atoms with Gasteiger partial charge < -0.3 is 21.1 Å². The van der Waals surface area contributed by atoms with Crippen molar-refractivity contribution >= 4 is 17.9 Å². The molecule has 1 atom stereocenters. The standard InChI is InChI=1S/C14H19N3O4/c1-9-4-3-5-10(6-9)8-17(2)14(21)16-11(13(19)20)7-12(15)18/h3-6,11H,7-8H2,1-2H3,(H2,15,18)(H,16,21)(H,19,20)/t11-/m1/s1. The largest absolute Gasteiger partial charge is 0.480 e. The Morgan fingerprint density at radius 3 is 2.57 bits per heavy atom. The van der Waals surface area contributed by atoms with Crippen LogP contribution < -0.4 is 11.1 Å². The highest BCUT2D eigenvalue weighted by Gasteiger charge is 2.23. The number of hydrogen-bond acceptors (Lipinski definition) is 3. The summed E-state index contributed by atoms with van der Waals surface area (Å²) in [5, 5.41) is 11.2. The molecule has 114 valence electrons. The summed E-state index contributed by atoms with van der Waals surface area (Å²) in [7, 11) is 1.54. The molecule has 0 aliphatic carbocycles. The molecule has 0 saturated heterocycles. The van der Waals surface area contributed by atoms with Crippen LogP contribution in [0.25, 0.3) is 0 Å². The van der Waals surface area contributed by atoms with Crippen LogP contribution >= 0.6 is 0 Å². The van der Waals surface area contributed by atoms with Crippen LogP contribution in [0.15, 0.2) is 24.3 Å². The Morgan fingerprint density at radius 1 is 1.38 bits per heavy atom. The van der Waals surface area contributed by atoms with Crippen LogP contribution in [-0.4, -0.2) is 41.0 Å². The number of aliphatic carboxylic acids is 1. The van der Waals surface area contributed by atoms with Gasteiger partial charge in [-0.3, -0.25) is 4.79 Å². The van der Waals surface area contributed by atoms with Gasteiger partial charge in [0.25, 0.3) is 0 Å². The molecular weight excluding hydrogens is 274 g/mol. The van der Waals surface area contributed by atoms with Gasteiger partial charge >= 0.3 is 12.0 Å². The van der Waals surface area contributed by atoms with E-state index in [2.05, 4.69) is 5.32 Å². The summed E-state index contributed by atoms with van der Waals surface area (Å²) in [5.41, 5.74) is 6.95. The quantitative estimate of drug-likeness (QED) is 0.707. The van der Waals surface area contributed by atoms with E-state index in [-0.39, 0.29) is 0 Å². The van der Waals surface area contributed by atoms with Crippen molar-refractivity contribution in [1.29, 1.82) is 0 Å². The van der Waals surface area contributed by atoms with Crippen molar-refractivity contribution in [1.82, 2.24) is 10.2 Å². The Kier molecular flexibility index (Phi) is 5.71. The van der Waals surface area contributed by atoms with Crippen LogP contribution in [0, 0.1) is 6.92 Å². The fourth-order valence-corrected chi connectivity index (χ4v) is 1.82. The maximum Gasteiger partial charge on any atom is 0.326 e. The maximum absolute atomic E-state index is 11.9. The second-order valence-electron chi connectivity index (χ2n) is 4.86. The highest BCUT2D eigenvalue weighted by Crippen LogP contribution is 2.07. The summed E-state index contributed by atoms with van der Waals surface area (Å²) in [6.07, 6.45) is -0.445. The van der Waals surface area contributed by atoms with Gasteiger partial charge in [-0.15, -0.1) is 0 Å². The molecule has 4 N–H and O–H groups in total. The van der Waals surface area contributed by atoms with Gasteiger partial charge in [0.15, 0.2) is 0 Å². The average Bonchev–Trinajstić information content (AvgIpc) is 2.37. The normalized spacial score (nSPS) is 11.5. The zero-order valence-electron chi connectivity index (χ0n) is 12.0. The van der Waals surface area contributed by atoms with E-state index in [9.17, 15) is 14.4 Å². The zero-order valence-corrected chi connectivity index (χ0v) is 12.0. The SMILES string of the molecule is Cc1cccc(CN(C)C(=O)N[C@H](CC(N)=O)C(=O)O)c1. The molecule has 0 aliphatic rings. The lowest BCUT2D eigenvalue weighted by atomic mass is 10.1. The molecule has 0 bridgehead atoms. The Bertz CT molecular complexity index is 545. The van der Waals surface area contributed by atoms with E-state index in [1.54, 1.807) is 7.05 Å². The van der Waals surface area contributed by atoms with Crippen molar-refractivity contribution in [2.24, 2.45) is 5.73 Å². The van der Waals surface area contributed by atoms with E-state index < -0.39 is 30.4 Å². The van der Waals surface area contributed by atoms with Gasteiger partial charge in [-0.2, -0.15) is 0 Å². The first kappa shape index (κ1) is 16.5. The van der Waals surface area contributed by atoms with Gasteiger partial charge in [-0.25, -0.2) is 9.59 Å². The molecule has 7 nitrogen and oxygen atoms in total. The number of carbonyl (C=O) groups is 3. The minimum absolute atomic E-state index is 0.330. The molecule has 1 aromatic carbocycles. The van der Waals surface area contributed by atoms with Gasteiger partial charge in [0.1, 0.15) is 6.04 Å². The number of hydrogen-bond donors (Lipinski definition) is 3. The van der Waals surface area contributed by atoms with Crippen molar-refractivity contribution < 1.29 is 19.5 Å². The average molecular weight is 293 g/mol. The van der Waals surface area contributed by atoms with Crippen LogP contribution in [0.5, 0.6) is 0 Å². The Hall–Kier alpha value is -2.57. The minimum atomic E-state index is -1.32. The number of aryl methyl sites for hydroxylation is 1. The molecule has 0 heterocycles. The van der Waals surface area contributed by atoms with Crippen LogP contribution in [0.3, 0.4) is 0 Å². The third kappa shape index (κ3) is 5.52. The molecule has 1 aromatic rings. The van der Waals surface area contributed by atoms with Crippen LogP contribution in [0.4, 0.5) is 4.79 Å². The highest BCUT2D eigenvalue weighted by atomic mass is 16.4. The summed E-state index contributed by atoms with van der Waals surface area (Å²) in [6.45, 7) is 2.27. The Morgan fingerprint density at radius 2 is 2.05 bits per heavy atom. The topological polar surface area (TPSA) is 113 Å². The molecule has 0 aliphatic heterocycles. The number of urea groups is 1. The van der Waals surface area contributed by atoms with Gasteiger partial charge in [-0.1, -0.05) is 29.8 Å². The number of carboxylic acid groups (broad SMARTS) is 1. The lowest BCUT2D eigenvalue weighted by Gasteiger charge is -2.21. The van der Waals surface area contributed by atoms with Crippen LogP contribution in [-0.2, 0) is 16.1 Å². The second kappa shape index (κ2) is 7.28. The number of nitrogens with two attached hydrogens (primary N) is 1. The number of nitrogens with zero attached hydrogens (tertiary/aromatic N) is 1. The smallest absolute Gasteiger partial charge is 0.326 e. The van der Waals surface area contributed by atoms with Gasteiger partial charge in [0.2, 0.25) is 5.91 Å². The predicted octanol–water partition coefficient (Wildman–Crippen LogP) is 0.465. The molecule has 0 radical (unpaired) electrons. The van der Waals surface area contributed by atoms with Crippen LogP contribution in [0.1, 0.15) is 17.5 Å². The van der Waals surface area contributed by atoms with Crippen molar-refractivity contribution in [3.8, 4) is 0 Å². The van der Waals surface area contributed by atoms with E-state index in [1.807, 2.05) is 31.2 Å². The minimum Gasteiger partial charge on any atom is -0.480 e. The molecule has 3 amide bonds. The number of benzene rings is 1. The maximum atomic E-state index is 11.9. The molecule has 0 unspecified atom stereocenters. The molecule has 1 rings (SSSR count). The Balaban J connectivity index is 2.64. The van der Waals surface area contributed by atoms with Gasteiger partial charge in [0.05, 0.1) is 6.42 Å². The van der Waals surface area contributed by atoms with Gasteiger partial charge in [-0.05, 0) is 12.5 Å². The monoisotopic (exact) mass is 293 g/mol. The molecule has 21 heavy (non-hydrogen) atoms. The molecule has 7 heteroatoms. The second-order valence-corrected chi connectivity index (χ2v) is 4.86. The zero-order chi connectivity index (χ0) is 16.0. The summed E-state index contributed by atoms with van der Waals surface area (Å²) in [6, 6.07) is 5.72. The highest BCUT2D eigenvalue weighted by molar-refractivity contribution is 5.87. The van der Waals surface area contributed by atoms with E-state index in [1.165, 1.54) is 4.90 Å². The van der Waals surface area contributed by atoms with E-state index in [0.29, 0.717) is 6.54 Å². The van der Waals surface area contributed by atoms with Crippen molar-refractivity contribution in [2.75, 3.05) is 7.05 Å². The van der Waals surface area contributed by atoms with Crippen molar-refractivity contribution in [2.45, 2.75) is 25.9 Å². The third-order valence-corrected chi connectivity index (χ3v) is 2.85. The summed E-state index contributed by atoms with van der Waals surface area (Å²) in [4.78, 5) is 35.0. The predicted molar refractivity (Wildman–Crippen MR) is 76.4 cm³/mol. The van der Waals surface area contributed by atoms with Crippen molar-refractivity contribution in [3.05, 3.63) is 35.4 Å². The number of rotatable bonds is 6. The van der Waals surface area contributed by atoms with Gasteiger partial charge in [0, 0.05) is 13.6 Å². The van der Waals surface area contributed by atoms with Crippen LogP contribution in [0.2, 0.25) is 0 Å². The fourth-order valence-electron chi connectivity index (χ4n) is 1.82. The molecule has 0 saturated carbocycles. The van der Waals surface area contributed by atoms with Crippen molar-refractivity contribution in [3.63, 3.8) is 0 Å². The first-order valence-electron chi connectivity index (χ1n) is 6.38. The fraction of sp³-hybridized carbons (Fsp3) is 0.357.